The molecule has 0 spiro atoms. The number of nitrogens with zero attached hydrogens (tertiary/aromatic N) is 1. The van der Waals surface area contributed by atoms with E-state index in [9.17, 15) is 9.69 Å². The second-order valence-electron chi connectivity index (χ2n) is 9.12. The van der Waals surface area contributed by atoms with Crippen molar-refractivity contribution in [2.75, 3.05) is 33.9 Å². The topological polar surface area (TPSA) is 68.2 Å². The van der Waals surface area contributed by atoms with Crippen molar-refractivity contribution in [1.82, 2.24) is 4.90 Å². The molecule has 192 valence electrons. The first-order valence-electron chi connectivity index (χ1n) is 13.1. The molecule has 0 saturated carbocycles. The Morgan fingerprint density at radius 1 is 0.781 bits per heavy atom. The Balaban J connectivity index is 3.53. The SMILES string of the molecule is CCCCCCCCCCCCCCCCC(COP(O)OCCCCN(C)C)OC=O. The van der Waals surface area contributed by atoms with Crippen molar-refractivity contribution in [3.8, 4) is 0 Å². The van der Waals surface area contributed by atoms with Crippen molar-refractivity contribution in [3.63, 3.8) is 0 Å². The van der Waals surface area contributed by atoms with Gasteiger partial charge in [-0.25, -0.2) is 0 Å². The minimum Gasteiger partial charge on any atom is -0.462 e. The van der Waals surface area contributed by atoms with Gasteiger partial charge in [-0.05, 0) is 46.3 Å². The summed E-state index contributed by atoms with van der Waals surface area (Å²) < 4.78 is 15.8. The van der Waals surface area contributed by atoms with Crippen molar-refractivity contribution in [2.45, 2.75) is 122 Å². The average Bonchev–Trinajstić information content (AvgIpc) is 2.77. The van der Waals surface area contributed by atoms with Crippen LogP contribution in [0, 0.1) is 0 Å². The summed E-state index contributed by atoms with van der Waals surface area (Å²) in [7, 11) is 2.17. The van der Waals surface area contributed by atoms with Gasteiger partial charge in [0.2, 0.25) is 0 Å². The van der Waals surface area contributed by atoms with E-state index in [2.05, 4.69) is 11.8 Å². The summed E-state index contributed by atoms with van der Waals surface area (Å²) in [5.74, 6) is 0. The second kappa shape index (κ2) is 25.4. The molecule has 2 unspecified atom stereocenters. The van der Waals surface area contributed by atoms with E-state index in [-0.39, 0.29) is 12.7 Å². The van der Waals surface area contributed by atoms with Crippen LogP contribution in [0.2, 0.25) is 0 Å². The highest BCUT2D eigenvalue weighted by atomic mass is 31.2. The van der Waals surface area contributed by atoms with Gasteiger partial charge in [0, 0.05) is 0 Å². The smallest absolute Gasteiger partial charge is 0.329 e. The van der Waals surface area contributed by atoms with Crippen LogP contribution in [0.4, 0.5) is 0 Å². The number of hydrogen-bond acceptors (Lipinski definition) is 6. The van der Waals surface area contributed by atoms with E-state index >= 15 is 0 Å². The van der Waals surface area contributed by atoms with Gasteiger partial charge in [0.05, 0.1) is 13.2 Å². The largest absolute Gasteiger partial charge is 0.462 e. The van der Waals surface area contributed by atoms with E-state index < -0.39 is 8.60 Å². The summed E-state index contributed by atoms with van der Waals surface area (Å²) in [6.07, 6.45) is 20.9. The van der Waals surface area contributed by atoms with Crippen molar-refractivity contribution < 1.29 is 23.5 Å². The first-order valence-corrected chi connectivity index (χ1v) is 14.2. The fourth-order valence-electron chi connectivity index (χ4n) is 3.69. The van der Waals surface area contributed by atoms with Crippen LogP contribution in [0.15, 0.2) is 0 Å². The van der Waals surface area contributed by atoms with Gasteiger partial charge in [-0.1, -0.05) is 90.4 Å². The zero-order valence-corrected chi connectivity index (χ0v) is 22.2. The summed E-state index contributed by atoms with van der Waals surface area (Å²) in [4.78, 5) is 22.7. The van der Waals surface area contributed by atoms with Crippen molar-refractivity contribution in [3.05, 3.63) is 0 Å². The molecule has 6 nitrogen and oxygen atoms in total. The highest BCUT2D eigenvalue weighted by Gasteiger charge is 2.14. The fourth-order valence-corrected chi connectivity index (χ4v) is 4.35. The average molecular weight is 478 g/mol. The Hall–Kier alpha value is -0.260. The summed E-state index contributed by atoms with van der Waals surface area (Å²) >= 11 is 0. The molecule has 0 aromatic heterocycles. The van der Waals surface area contributed by atoms with Gasteiger partial charge in [0.1, 0.15) is 6.10 Å². The highest BCUT2D eigenvalue weighted by molar-refractivity contribution is 7.40. The fraction of sp³-hybridized carbons (Fsp3) is 0.960. The third-order valence-corrected chi connectivity index (χ3v) is 6.47. The molecular formula is C25H52NO5P. The minimum absolute atomic E-state index is 0.192. The Kier molecular flexibility index (Phi) is 25.2. The molecule has 0 aliphatic heterocycles. The predicted octanol–water partition coefficient (Wildman–Crippen LogP) is 6.99. The van der Waals surface area contributed by atoms with Gasteiger partial charge in [0.15, 0.2) is 0 Å². The molecule has 0 amide bonds. The Bertz CT molecular complexity index is 387. The first kappa shape index (κ1) is 31.7. The molecule has 0 fully saturated rings. The molecule has 0 aliphatic carbocycles. The maximum absolute atomic E-state index is 10.7. The molecule has 0 rings (SSSR count). The summed E-state index contributed by atoms with van der Waals surface area (Å²) in [5, 5.41) is 0. The third kappa shape index (κ3) is 24.4. The van der Waals surface area contributed by atoms with Crippen LogP contribution >= 0.6 is 8.60 Å². The monoisotopic (exact) mass is 477 g/mol. The van der Waals surface area contributed by atoms with Crippen LogP contribution in [-0.4, -0.2) is 56.2 Å². The predicted molar refractivity (Wildman–Crippen MR) is 135 cm³/mol. The summed E-state index contributed by atoms with van der Waals surface area (Å²) in [5.41, 5.74) is 0. The van der Waals surface area contributed by atoms with Crippen LogP contribution in [-0.2, 0) is 18.6 Å². The zero-order valence-electron chi connectivity index (χ0n) is 21.3. The molecule has 0 saturated heterocycles. The minimum atomic E-state index is -1.90. The lowest BCUT2D eigenvalue weighted by molar-refractivity contribution is -0.135. The first-order chi connectivity index (χ1) is 15.6. The third-order valence-electron chi connectivity index (χ3n) is 5.70. The van der Waals surface area contributed by atoms with Crippen molar-refractivity contribution >= 4 is 15.1 Å². The Labute approximate surface area is 199 Å². The van der Waals surface area contributed by atoms with Crippen LogP contribution in [0.3, 0.4) is 0 Å². The lowest BCUT2D eigenvalue weighted by atomic mass is 10.0. The van der Waals surface area contributed by atoms with Gasteiger partial charge in [-0.15, -0.1) is 0 Å². The number of hydrogen-bond donors (Lipinski definition) is 1. The van der Waals surface area contributed by atoms with Gasteiger partial charge < -0.3 is 23.6 Å². The molecule has 0 heterocycles. The second-order valence-corrected chi connectivity index (χ2v) is 10.1. The molecule has 2 atom stereocenters. The van der Waals surface area contributed by atoms with Gasteiger partial charge in [-0.2, -0.15) is 0 Å². The van der Waals surface area contributed by atoms with E-state index in [1.54, 1.807) is 0 Å². The highest BCUT2D eigenvalue weighted by Crippen LogP contribution is 2.33. The van der Waals surface area contributed by atoms with E-state index in [0.717, 1.165) is 38.6 Å². The summed E-state index contributed by atoms with van der Waals surface area (Å²) in [6, 6.07) is 0. The van der Waals surface area contributed by atoms with Crippen LogP contribution < -0.4 is 0 Å². The molecule has 1 N–H and O–H groups in total. The molecule has 0 aromatic rings. The van der Waals surface area contributed by atoms with Crippen LogP contribution in [0.5, 0.6) is 0 Å². The maximum atomic E-state index is 10.7. The molecule has 7 heteroatoms. The standard InChI is InChI=1S/C25H52NO5P/c1-4-5-6-7-8-9-10-11-12-13-14-15-16-17-20-25(29-24-27)23-31-32(28)30-22-19-18-21-26(2)3/h24-25,28H,4-23H2,1-3H3. The lowest BCUT2D eigenvalue weighted by Crippen LogP contribution is -2.18. The Morgan fingerprint density at radius 3 is 1.81 bits per heavy atom. The quantitative estimate of drug-likeness (QED) is 0.0822. The zero-order chi connectivity index (χ0) is 23.7. The lowest BCUT2D eigenvalue weighted by Gasteiger charge is -2.17. The van der Waals surface area contributed by atoms with Crippen LogP contribution in [0.1, 0.15) is 116 Å². The maximum Gasteiger partial charge on any atom is 0.329 e. The van der Waals surface area contributed by atoms with Crippen molar-refractivity contribution in [2.24, 2.45) is 0 Å². The van der Waals surface area contributed by atoms with E-state index in [4.69, 9.17) is 13.8 Å². The van der Waals surface area contributed by atoms with Crippen molar-refractivity contribution in [1.29, 1.82) is 0 Å². The number of carbonyl (C=O) groups excluding carboxylic acids is 1. The summed E-state index contributed by atoms with van der Waals surface area (Å²) in [6.45, 7) is 4.41. The normalized spacial score (nSPS) is 13.4. The Morgan fingerprint density at radius 2 is 1.31 bits per heavy atom. The molecule has 0 radical (unpaired) electrons. The number of rotatable bonds is 26. The van der Waals surface area contributed by atoms with E-state index in [1.165, 1.54) is 77.0 Å². The van der Waals surface area contributed by atoms with Gasteiger partial charge >= 0.3 is 8.60 Å². The molecule has 0 aromatic carbocycles. The van der Waals surface area contributed by atoms with Gasteiger partial charge in [-0.3, -0.25) is 4.79 Å². The van der Waals surface area contributed by atoms with E-state index in [1.807, 2.05) is 14.1 Å². The van der Waals surface area contributed by atoms with E-state index in [0.29, 0.717) is 13.1 Å². The number of ether oxygens (including phenoxy) is 1. The molecule has 0 bridgehead atoms. The molecule has 32 heavy (non-hydrogen) atoms. The number of unbranched alkanes of at least 4 members (excludes halogenated alkanes) is 14. The molecular weight excluding hydrogens is 425 g/mol. The number of carbonyl (C=O) groups is 1. The van der Waals surface area contributed by atoms with Gasteiger partial charge in [0.25, 0.3) is 6.47 Å². The van der Waals surface area contributed by atoms with Crippen LogP contribution in [0.25, 0.3) is 0 Å². The molecule has 0 aliphatic rings.